The molecule has 3 nitrogen and oxygen atoms in total. The van der Waals surface area contributed by atoms with Gasteiger partial charge in [-0.2, -0.15) is 10.5 Å². The lowest BCUT2D eigenvalue weighted by Gasteiger charge is -2.26. The van der Waals surface area contributed by atoms with E-state index in [-0.39, 0.29) is 5.70 Å². The number of allylic oxidation sites excluding steroid dienone is 2. The second-order valence-electron chi connectivity index (χ2n) is 5.51. The fraction of sp³-hybridized carbons (Fsp3) is 0. The minimum absolute atomic E-state index is 0.136. The van der Waals surface area contributed by atoms with Crippen molar-refractivity contribution in [3.63, 3.8) is 0 Å². The van der Waals surface area contributed by atoms with Crippen LogP contribution >= 0.6 is 7.05 Å². The third kappa shape index (κ3) is 3.35. The second kappa shape index (κ2) is 8.13. The molecule has 3 aromatic carbocycles. The van der Waals surface area contributed by atoms with Crippen molar-refractivity contribution in [2.24, 2.45) is 4.74 Å². The molecule has 0 saturated heterocycles. The summed E-state index contributed by atoms with van der Waals surface area (Å²) < 4.78 is 4.92. The smallest absolute Gasteiger partial charge is 0.150 e. The summed E-state index contributed by atoms with van der Waals surface area (Å²) in [6.45, 7) is 0. The molecule has 0 unspecified atom stereocenters. The molecule has 3 aromatic rings. The van der Waals surface area contributed by atoms with Crippen LogP contribution in [0.25, 0.3) is 0 Å². The van der Waals surface area contributed by atoms with E-state index < -0.39 is 7.05 Å². The van der Waals surface area contributed by atoms with E-state index in [2.05, 4.69) is 6.07 Å². The van der Waals surface area contributed by atoms with Crippen molar-refractivity contribution < 1.29 is 0 Å². The van der Waals surface area contributed by atoms with Crippen LogP contribution in [0.15, 0.2) is 108 Å². The SMILES string of the molecule is N#CC=C(C#N)N=P(c1ccccc1)(c1ccccc1)c1ccccc1. The Bertz CT molecular complexity index is 938. The maximum atomic E-state index is 9.52. The molecule has 0 bridgehead atoms. The molecule has 0 amide bonds. The summed E-state index contributed by atoms with van der Waals surface area (Å²) in [6.07, 6.45) is 1.21. The van der Waals surface area contributed by atoms with E-state index in [1.165, 1.54) is 6.08 Å². The summed E-state index contributed by atoms with van der Waals surface area (Å²) in [5.74, 6) is 0. The molecule has 0 aliphatic carbocycles. The van der Waals surface area contributed by atoms with Crippen LogP contribution in [0.3, 0.4) is 0 Å². The second-order valence-corrected chi connectivity index (χ2v) is 8.53. The van der Waals surface area contributed by atoms with Gasteiger partial charge in [0.25, 0.3) is 0 Å². The van der Waals surface area contributed by atoms with Gasteiger partial charge in [-0.25, -0.2) is 4.74 Å². The molecule has 0 radical (unpaired) electrons. The molecular formula is C22H16N3P. The van der Waals surface area contributed by atoms with Gasteiger partial charge >= 0.3 is 0 Å². The zero-order valence-corrected chi connectivity index (χ0v) is 14.9. The average molecular weight is 353 g/mol. The summed E-state index contributed by atoms with van der Waals surface area (Å²) in [4.78, 5) is 0. The quantitative estimate of drug-likeness (QED) is 0.524. The number of benzene rings is 3. The summed E-state index contributed by atoms with van der Waals surface area (Å²) >= 11 is 0. The number of hydrogen-bond donors (Lipinski definition) is 0. The van der Waals surface area contributed by atoms with Crippen LogP contribution < -0.4 is 15.9 Å². The topological polar surface area (TPSA) is 59.9 Å². The van der Waals surface area contributed by atoms with Crippen molar-refractivity contribution in [1.82, 2.24) is 0 Å². The van der Waals surface area contributed by atoms with E-state index >= 15 is 0 Å². The maximum absolute atomic E-state index is 9.52. The van der Waals surface area contributed by atoms with Gasteiger partial charge in [-0.05, 0) is 0 Å². The van der Waals surface area contributed by atoms with E-state index in [1.54, 1.807) is 0 Å². The minimum Gasteiger partial charge on any atom is -0.242 e. The lowest BCUT2D eigenvalue weighted by molar-refractivity contribution is 1.39. The van der Waals surface area contributed by atoms with Crippen molar-refractivity contribution in [3.8, 4) is 12.1 Å². The summed E-state index contributed by atoms with van der Waals surface area (Å²) in [6, 6.07) is 34.0. The standard InChI is InChI=1S/C22H16N3P/c23-17-16-19(18-24)25-26(20-10-4-1-5-11-20,21-12-6-2-7-13-21)22-14-8-3-9-15-22/h1-16H. The molecular weight excluding hydrogens is 337 g/mol. The Balaban J connectivity index is 2.49. The first-order valence-corrected chi connectivity index (χ1v) is 9.84. The summed E-state index contributed by atoms with van der Waals surface area (Å²) in [5.41, 5.74) is 0.136. The third-order valence-corrected chi connectivity index (χ3v) is 7.62. The molecule has 0 aliphatic rings. The zero-order valence-electron chi connectivity index (χ0n) is 14.0. The molecule has 3 rings (SSSR count). The third-order valence-electron chi connectivity index (χ3n) is 3.96. The first kappa shape index (κ1) is 17.4. The maximum Gasteiger partial charge on any atom is 0.150 e. The van der Waals surface area contributed by atoms with Gasteiger partial charge < -0.3 is 0 Å². The minimum atomic E-state index is -2.47. The van der Waals surface area contributed by atoms with Crippen molar-refractivity contribution in [1.29, 1.82) is 10.5 Å². The largest absolute Gasteiger partial charge is 0.242 e. The molecule has 0 fully saturated rings. The molecule has 0 aliphatic heterocycles. The first-order chi connectivity index (χ1) is 12.8. The zero-order chi connectivity index (χ0) is 18.2. The highest BCUT2D eigenvalue weighted by Gasteiger charge is 2.27. The Morgan fingerprint density at radius 2 is 1.08 bits per heavy atom. The highest BCUT2D eigenvalue weighted by molar-refractivity contribution is 7.87. The predicted octanol–water partition coefficient (Wildman–Crippen LogP) is 4.10. The normalized spacial score (nSPS) is 11.2. The molecule has 0 heterocycles. The molecule has 0 aromatic heterocycles. The average Bonchev–Trinajstić information content (AvgIpc) is 2.73. The number of rotatable bonds is 4. The highest BCUT2D eigenvalue weighted by atomic mass is 31.2. The lowest BCUT2D eigenvalue weighted by Crippen LogP contribution is -2.25. The fourth-order valence-electron chi connectivity index (χ4n) is 2.86. The van der Waals surface area contributed by atoms with Crippen LogP contribution in [-0.2, 0) is 0 Å². The molecule has 124 valence electrons. The Labute approximate surface area is 153 Å². The Morgan fingerprint density at radius 3 is 1.38 bits per heavy atom. The predicted molar refractivity (Wildman–Crippen MR) is 107 cm³/mol. The van der Waals surface area contributed by atoms with E-state index in [1.807, 2.05) is 97.1 Å². The fourth-order valence-corrected chi connectivity index (χ4v) is 6.34. The molecule has 0 atom stereocenters. The monoisotopic (exact) mass is 353 g/mol. The van der Waals surface area contributed by atoms with Gasteiger partial charge in [0, 0.05) is 15.9 Å². The van der Waals surface area contributed by atoms with Crippen LogP contribution in [0.2, 0.25) is 0 Å². The van der Waals surface area contributed by atoms with Gasteiger partial charge in [0.1, 0.15) is 11.8 Å². The van der Waals surface area contributed by atoms with Crippen molar-refractivity contribution in [2.45, 2.75) is 0 Å². The Hall–Kier alpha value is -3.39. The van der Waals surface area contributed by atoms with Crippen LogP contribution in [0, 0.1) is 22.7 Å². The van der Waals surface area contributed by atoms with Gasteiger partial charge in [0.15, 0.2) is 0 Å². The van der Waals surface area contributed by atoms with Crippen molar-refractivity contribution in [3.05, 3.63) is 103 Å². The lowest BCUT2D eigenvalue weighted by atomic mass is 10.4. The number of nitriles is 2. The molecule has 0 spiro atoms. The van der Waals surface area contributed by atoms with Gasteiger partial charge in [-0.1, -0.05) is 91.0 Å². The van der Waals surface area contributed by atoms with Gasteiger partial charge in [0.05, 0.1) is 19.2 Å². The van der Waals surface area contributed by atoms with Gasteiger partial charge in [0.2, 0.25) is 0 Å². The first-order valence-electron chi connectivity index (χ1n) is 8.10. The molecule has 0 saturated carbocycles. The van der Waals surface area contributed by atoms with Crippen molar-refractivity contribution >= 4 is 23.0 Å². The van der Waals surface area contributed by atoms with Crippen molar-refractivity contribution in [2.75, 3.05) is 0 Å². The van der Waals surface area contributed by atoms with Crippen LogP contribution in [0.5, 0.6) is 0 Å². The van der Waals surface area contributed by atoms with Gasteiger partial charge in [-0.15, -0.1) is 0 Å². The van der Waals surface area contributed by atoms with E-state index in [4.69, 9.17) is 10.0 Å². The summed E-state index contributed by atoms with van der Waals surface area (Å²) in [5, 5.41) is 21.7. The Morgan fingerprint density at radius 1 is 0.692 bits per heavy atom. The molecule has 0 N–H and O–H groups in total. The van der Waals surface area contributed by atoms with Gasteiger partial charge in [-0.3, -0.25) is 0 Å². The van der Waals surface area contributed by atoms with Crippen LogP contribution in [0.1, 0.15) is 0 Å². The highest BCUT2D eigenvalue weighted by Crippen LogP contribution is 2.47. The summed E-state index contributed by atoms with van der Waals surface area (Å²) in [7, 11) is -2.47. The Kier molecular flexibility index (Phi) is 5.45. The van der Waals surface area contributed by atoms with E-state index in [9.17, 15) is 5.26 Å². The number of nitrogens with zero attached hydrogens (tertiary/aromatic N) is 3. The van der Waals surface area contributed by atoms with Crippen LogP contribution in [-0.4, -0.2) is 0 Å². The number of hydrogen-bond acceptors (Lipinski definition) is 3. The van der Waals surface area contributed by atoms with E-state index in [0.717, 1.165) is 15.9 Å². The van der Waals surface area contributed by atoms with E-state index in [0.29, 0.717) is 0 Å². The van der Waals surface area contributed by atoms with Crippen LogP contribution in [0.4, 0.5) is 0 Å². The molecule has 4 heteroatoms. The molecule has 26 heavy (non-hydrogen) atoms.